The second-order valence-electron chi connectivity index (χ2n) is 6.74. The first-order valence-electron chi connectivity index (χ1n) is 9.96. The Bertz CT molecular complexity index is 686. The van der Waals surface area contributed by atoms with E-state index < -0.39 is 0 Å². The molecule has 1 aromatic carbocycles. The lowest BCUT2D eigenvalue weighted by molar-refractivity contribution is 0.180. The van der Waals surface area contributed by atoms with Crippen LogP contribution in [0.25, 0.3) is 0 Å². The molecule has 0 saturated heterocycles. The highest BCUT2D eigenvalue weighted by Crippen LogP contribution is 2.11. The van der Waals surface area contributed by atoms with Gasteiger partial charge in [-0.2, -0.15) is 5.10 Å². The molecule has 0 aliphatic carbocycles. The topological polar surface area (TPSA) is 66.7 Å². The molecule has 0 aliphatic rings. The zero-order valence-corrected chi connectivity index (χ0v) is 17.4. The highest BCUT2D eigenvalue weighted by atomic mass is 16.5. The van der Waals surface area contributed by atoms with Gasteiger partial charge >= 0.3 is 0 Å². The summed E-state index contributed by atoms with van der Waals surface area (Å²) in [7, 11) is 3.88. The van der Waals surface area contributed by atoms with E-state index in [1.807, 2.05) is 16.9 Å². The molecule has 7 heteroatoms. The Morgan fingerprint density at radius 2 is 2.00 bits per heavy atom. The molecule has 1 aromatic heterocycles. The minimum Gasteiger partial charge on any atom is -0.385 e. The Balaban J connectivity index is 1.88. The first kappa shape index (κ1) is 21.9. The summed E-state index contributed by atoms with van der Waals surface area (Å²) in [6.45, 7) is 7.97. The fraction of sp³-hybridized carbons (Fsp3) is 0.524. The summed E-state index contributed by atoms with van der Waals surface area (Å²) in [4.78, 5) is 7.07. The predicted octanol–water partition coefficient (Wildman–Crippen LogP) is 1.95. The van der Waals surface area contributed by atoms with Crippen LogP contribution >= 0.6 is 0 Å². The van der Waals surface area contributed by atoms with Crippen molar-refractivity contribution in [1.29, 1.82) is 0 Å². The maximum Gasteiger partial charge on any atom is 0.191 e. The highest BCUT2D eigenvalue weighted by Gasteiger charge is 2.04. The van der Waals surface area contributed by atoms with Gasteiger partial charge in [0.15, 0.2) is 5.96 Å². The number of aromatic nitrogens is 2. The molecule has 2 aromatic rings. The molecule has 2 rings (SSSR count). The summed E-state index contributed by atoms with van der Waals surface area (Å²) in [5.41, 5.74) is 2.45. The molecule has 0 amide bonds. The molecule has 0 radical (unpaired) electrons. The van der Waals surface area contributed by atoms with Crippen LogP contribution in [0.2, 0.25) is 0 Å². The molecular formula is C21H34N6O. The number of hydrogen-bond acceptors (Lipinski definition) is 4. The smallest absolute Gasteiger partial charge is 0.191 e. The minimum atomic E-state index is 0.635. The van der Waals surface area contributed by atoms with E-state index in [4.69, 9.17) is 9.73 Å². The Morgan fingerprint density at radius 1 is 1.18 bits per heavy atom. The van der Waals surface area contributed by atoms with E-state index in [1.54, 1.807) is 13.3 Å². The van der Waals surface area contributed by atoms with Crippen LogP contribution in [0.5, 0.6) is 0 Å². The lowest BCUT2D eigenvalue weighted by atomic mass is 10.1. The van der Waals surface area contributed by atoms with Gasteiger partial charge in [0.2, 0.25) is 0 Å². The van der Waals surface area contributed by atoms with Crippen molar-refractivity contribution >= 4 is 5.96 Å². The molecule has 0 spiro atoms. The molecule has 0 unspecified atom stereocenters. The van der Waals surface area contributed by atoms with E-state index in [-0.39, 0.29) is 0 Å². The van der Waals surface area contributed by atoms with E-state index in [0.717, 1.165) is 51.7 Å². The van der Waals surface area contributed by atoms with E-state index in [2.05, 4.69) is 58.9 Å². The van der Waals surface area contributed by atoms with Gasteiger partial charge in [-0.05, 0) is 37.6 Å². The van der Waals surface area contributed by atoms with Gasteiger partial charge in [-0.3, -0.25) is 4.68 Å². The van der Waals surface area contributed by atoms with Crippen molar-refractivity contribution < 1.29 is 4.74 Å². The van der Waals surface area contributed by atoms with Gasteiger partial charge in [-0.1, -0.05) is 24.3 Å². The minimum absolute atomic E-state index is 0.635. The number of aliphatic imine (C=N–C) groups is 1. The second kappa shape index (κ2) is 12.9. The summed E-state index contributed by atoms with van der Waals surface area (Å²) in [6, 6.07) is 10.3. The molecule has 0 saturated carbocycles. The molecular weight excluding hydrogens is 352 g/mol. The maximum atomic E-state index is 5.11. The third-order valence-corrected chi connectivity index (χ3v) is 4.44. The van der Waals surface area contributed by atoms with Crippen LogP contribution in [0.1, 0.15) is 24.5 Å². The van der Waals surface area contributed by atoms with E-state index in [9.17, 15) is 0 Å². The number of nitrogens with zero attached hydrogens (tertiary/aromatic N) is 4. The van der Waals surface area contributed by atoms with Crippen LogP contribution in [0, 0.1) is 0 Å². The van der Waals surface area contributed by atoms with Crippen LogP contribution in [-0.4, -0.2) is 67.6 Å². The fourth-order valence-corrected chi connectivity index (χ4v) is 2.90. The van der Waals surface area contributed by atoms with Gasteiger partial charge in [0.25, 0.3) is 0 Å². The number of rotatable bonds is 12. The largest absolute Gasteiger partial charge is 0.385 e. The Kier molecular flexibility index (Phi) is 10.1. The zero-order chi connectivity index (χ0) is 20.0. The third-order valence-electron chi connectivity index (χ3n) is 4.44. The molecule has 28 heavy (non-hydrogen) atoms. The number of nitrogens with one attached hydrogen (secondary N) is 2. The molecule has 2 N–H and O–H groups in total. The number of benzene rings is 1. The van der Waals surface area contributed by atoms with Crippen molar-refractivity contribution in [2.24, 2.45) is 4.99 Å². The quantitative estimate of drug-likeness (QED) is 0.332. The molecule has 7 nitrogen and oxygen atoms in total. The number of methoxy groups -OCH3 is 1. The first-order valence-corrected chi connectivity index (χ1v) is 9.96. The number of guanidine groups is 1. The standard InChI is InChI=1S/C21H34N6O/c1-4-22-21(23-12-15-26(2)13-8-16-28-3)24-17-19-9-5-6-10-20(19)18-27-14-7-11-25-27/h5-7,9-11,14H,4,8,12-13,15-18H2,1-3H3,(H2,22,23,24). The summed E-state index contributed by atoms with van der Waals surface area (Å²) in [5, 5.41) is 11.1. The molecule has 0 aliphatic heterocycles. The average molecular weight is 387 g/mol. The van der Waals surface area contributed by atoms with Crippen LogP contribution in [0.3, 0.4) is 0 Å². The van der Waals surface area contributed by atoms with Crippen molar-refractivity contribution in [1.82, 2.24) is 25.3 Å². The molecule has 0 atom stereocenters. The maximum absolute atomic E-state index is 5.11. The average Bonchev–Trinajstić information content (AvgIpc) is 3.20. The number of likely N-dealkylation sites (N-methyl/N-ethyl adjacent to an activating group) is 1. The zero-order valence-electron chi connectivity index (χ0n) is 17.4. The Labute approximate surface area is 168 Å². The highest BCUT2D eigenvalue weighted by molar-refractivity contribution is 5.79. The second-order valence-corrected chi connectivity index (χ2v) is 6.74. The van der Waals surface area contributed by atoms with Crippen LogP contribution in [0.15, 0.2) is 47.7 Å². The summed E-state index contributed by atoms with van der Waals surface area (Å²) in [5.74, 6) is 0.849. The van der Waals surface area contributed by atoms with Gasteiger partial charge < -0.3 is 20.3 Å². The van der Waals surface area contributed by atoms with Crippen LogP contribution in [-0.2, 0) is 17.8 Å². The SMILES string of the molecule is CCNC(=NCc1ccccc1Cn1cccn1)NCCN(C)CCCOC. The molecule has 154 valence electrons. The van der Waals surface area contributed by atoms with Crippen molar-refractivity contribution in [3.05, 3.63) is 53.9 Å². The van der Waals surface area contributed by atoms with Crippen molar-refractivity contribution in [2.45, 2.75) is 26.4 Å². The van der Waals surface area contributed by atoms with Crippen LogP contribution < -0.4 is 10.6 Å². The summed E-state index contributed by atoms with van der Waals surface area (Å²) < 4.78 is 7.04. The molecule has 0 bridgehead atoms. The lowest BCUT2D eigenvalue weighted by Gasteiger charge is -2.18. The van der Waals surface area contributed by atoms with Crippen molar-refractivity contribution in [3.63, 3.8) is 0 Å². The van der Waals surface area contributed by atoms with Crippen molar-refractivity contribution in [2.75, 3.05) is 46.9 Å². The monoisotopic (exact) mass is 386 g/mol. The van der Waals surface area contributed by atoms with Gasteiger partial charge in [0, 0.05) is 52.3 Å². The number of hydrogen-bond donors (Lipinski definition) is 2. The van der Waals surface area contributed by atoms with E-state index >= 15 is 0 Å². The summed E-state index contributed by atoms with van der Waals surface area (Å²) in [6.07, 6.45) is 4.84. The van der Waals surface area contributed by atoms with Gasteiger partial charge in [-0.25, -0.2) is 4.99 Å². The number of ether oxygens (including phenoxy) is 1. The molecule has 1 heterocycles. The first-order chi connectivity index (χ1) is 13.7. The Morgan fingerprint density at radius 3 is 2.71 bits per heavy atom. The predicted molar refractivity (Wildman–Crippen MR) is 115 cm³/mol. The fourth-order valence-electron chi connectivity index (χ4n) is 2.90. The van der Waals surface area contributed by atoms with E-state index in [1.165, 1.54) is 11.1 Å². The van der Waals surface area contributed by atoms with Gasteiger partial charge in [-0.15, -0.1) is 0 Å². The lowest BCUT2D eigenvalue weighted by Crippen LogP contribution is -2.41. The normalized spacial score (nSPS) is 11.8. The molecule has 0 fully saturated rings. The Hall–Kier alpha value is -2.38. The van der Waals surface area contributed by atoms with E-state index in [0.29, 0.717) is 6.54 Å². The van der Waals surface area contributed by atoms with Gasteiger partial charge in [0.1, 0.15) is 0 Å². The van der Waals surface area contributed by atoms with Gasteiger partial charge in [0.05, 0.1) is 13.1 Å². The van der Waals surface area contributed by atoms with Crippen molar-refractivity contribution in [3.8, 4) is 0 Å². The third kappa shape index (κ3) is 8.10. The van der Waals surface area contributed by atoms with Crippen LogP contribution in [0.4, 0.5) is 0 Å². The summed E-state index contributed by atoms with van der Waals surface area (Å²) >= 11 is 0.